The van der Waals surface area contributed by atoms with Crippen LogP contribution in [-0.4, -0.2) is 27.9 Å². The van der Waals surface area contributed by atoms with E-state index in [0.717, 1.165) is 5.56 Å². The van der Waals surface area contributed by atoms with Crippen molar-refractivity contribution in [3.8, 4) is 16.3 Å². The molecule has 1 N–H and O–H groups in total. The van der Waals surface area contributed by atoms with Gasteiger partial charge in [0.05, 0.1) is 28.5 Å². The van der Waals surface area contributed by atoms with Crippen molar-refractivity contribution in [1.82, 2.24) is 4.98 Å². The standard InChI is InChI=1S/C28H24N2O5S/c1-16(2)35-20-13-11-19(12-14-20)30-23(21-10-7-15-34-21)22(25(32)28(30)33)24(31)26-17(3)29-27(36-26)18-8-5-4-6-9-18/h4-16,23,32H,1-3H3. The SMILES string of the molecule is Cc1nc(-c2ccccc2)sc1C(=O)C1=C(O)C(=O)N(c2ccc(OC(C)C)cc2)C1c1ccco1. The van der Waals surface area contributed by atoms with Gasteiger partial charge in [0.15, 0.2) is 5.76 Å². The maximum Gasteiger partial charge on any atom is 0.294 e. The van der Waals surface area contributed by atoms with Gasteiger partial charge < -0.3 is 14.3 Å². The van der Waals surface area contributed by atoms with Gasteiger partial charge in [0.2, 0.25) is 5.78 Å². The quantitative estimate of drug-likeness (QED) is 0.300. The molecule has 0 saturated carbocycles. The Balaban J connectivity index is 1.55. The molecule has 182 valence electrons. The highest BCUT2D eigenvalue weighted by Crippen LogP contribution is 2.43. The van der Waals surface area contributed by atoms with E-state index in [4.69, 9.17) is 9.15 Å². The molecule has 2 aromatic carbocycles. The number of ketones is 1. The lowest BCUT2D eigenvalue weighted by Crippen LogP contribution is -2.30. The molecule has 1 amide bonds. The van der Waals surface area contributed by atoms with Gasteiger partial charge in [-0.3, -0.25) is 14.5 Å². The van der Waals surface area contributed by atoms with E-state index in [1.165, 1.54) is 22.5 Å². The zero-order valence-electron chi connectivity index (χ0n) is 20.0. The number of carbonyl (C=O) groups excluding carboxylic acids is 2. The van der Waals surface area contributed by atoms with E-state index in [9.17, 15) is 14.7 Å². The van der Waals surface area contributed by atoms with Gasteiger partial charge in [-0.2, -0.15) is 0 Å². The first-order valence-electron chi connectivity index (χ1n) is 11.5. The van der Waals surface area contributed by atoms with Crippen molar-refractivity contribution >= 4 is 28.7 Å². The highest BCUT2D eigenvalue weighted by Gasteiger charge is 2.46. The van der Waals surface area contributed by atoms with Crippen LogP contribution in [-0.2, 0) is 4.79 Å². The Morgan fingerprint density at radius 1 is 1.08 bits per heavy atom. The number of rotatable bonds is 7. The lowest BCUT2D eigenvalue weighted by atomic mass is 9.99. The third-order valence-corrected chi connectivity index (χ3v) is 6.98. The normalized spacial score (nSPS) is 15.7. The van der Waals surface area contributed by atoms with E-state index in [1.807, 2.05) is 44.2 Å². The van der Waals surface area contributed by atoms with Crippen LogP contribution in [0.5, 0.6) is 5.75 Å². The molecule has 1 atom stereocenters. The molecule has 4 aromatic rings. The molecule has 1 aliphatic rings. The van der Waals surface area contributed by atoms with Gasteiger partial charge in [0.25, 0.3) is 5.91 Å². The Hall–Kier alpha value is -4.17. The van der Waals surface area contributed by atoms with Crippen molar-refractivity contribution in [2.24, 2.45) is 0 Å². The van der Waals surface area contributed by atoms with Gasteiger partial charge >= 0.3 is 0 Å². The summed E-state index contributed by atoms with van der Waals surface area (Å²) in [5, 5.41) is 11.7. The minimum Gasteiger partial charge on any atom is -0.503 e. The van der Waals surface area contributed by atoms with Crippen LogP contribution < -0.4 is 9.64 Å². The summed E-state index contributed by atoms with van der Waals surface area (Å²) >= 11 is 1.23. The number of ether oxygens (including phenoxy) is 1. The minimum atomic E-state index is -0.932. The molecule has 1 unspecified atom stereocenters. The van der Waals surface area contributed by atoms with Crippen LogP contribution in [0.4, 0.5) is 5.69 Å². The van der Waals surface area contributed by atoms with E-state index in [-0.39, 0.29) is 11.7 Å². The summed E-state index contributed by atoms with van der Waals surface area (Å²) < 4.78 is 11.3. The summed E-state index contributed by atoms with van der Waals surface area (Å²) in [6.07, 6.45) is 1.47. The fourth-order valence-electron chi connectivity index (χ4n) is 4.21. The average Bonchev–Trinajstić information content (AvgIpc) is 3.59. The van der Waals surface area contributed by atoms with Crippen LogP contribution in [0.1, 0.15) is 41.0 Å². The Bertz CT molecular complexity index is 1440. The van der Waals surface area contributed by atoms with Gasteiger partial charge in [-0.25, -0.2) is 4.98 Å². The van der Waals surface area contributed by atoms with Gasteiger partial charge in [0, 0.05) is 11.3 Å². The second-order valence-corrected chi connectivity index (χ2v) is 9.64. The van der Waals surface area contributed by atoms with Gasteiger partial charge in [-0.15, -0.1) is 11.3 Å². The monoisotopic (exact) mass is 500 g/mol. The number of aromatic nitrogens is 1. The van der Waals surface area contributed by atoms with Gasteiger partial charge in [-0.1, -0.05) is 30.3 Å². The van der Waals surface area contributed by atoms with Crippen molar-refractivity contribution in [1.29, 1.82) is 0 Å². The number of hydrogen-bond donors (Lipinski definition) is 1. The van der Waals surface area contributed by atoms with Crippen LogP contribution in [0, 0.1) is 6.92 Å². The second-order valence-electron chi connectivity index (χ2n) is 8.64. The zero-order valence-corrected chi connectivity index (χ0v) is 20.8. The molecule has 3 heterocycles. The maximum atomic E-state index is 13.8. The van der Waals surface area contributed by atoms with E-state index in [2.05, 4.69) is 4.98 Å². The largest absolute Gasteiger partial charge is 0.503 e. The van der Waals surface area contributed by atoms with Crippen molar-refractivity contribution < 1.29 is 23.8 Å². The molecule has 0 spiro atoms. The predicted molar refractivity (Wildman–Crippen MR) is 137 cm³/mol. The first-order chi connectivity index (χ1) is 17.3. The van der Waals surface area contributed by atoms with E-state index in [0.29, 0.717) is 32.8 Å². The zero-order chi connectivity index (χ0) is 25.4. The number of thiazole rings is 1. The lowest BCUT2D eigenvalue weighted by Gasteiger charge is -2.25. The van der Waals surface area contributed by atoms with Crippen LogP contribution in [0.3, 0.4) is 0 Å². The van der Waals surface area contributed by atoms with E-state index < -0.39 is 23.5 Å². The topological polar surface area (TPSA) is 92.9 Å². The number of furan rings is 1. The molecule has 0 radical (unpaired) electrons. The predicted octanol–water partition coefficient (Wildman–Crippen LogP) is 6.28. The fourth-order valence-corrected chi connectivity index (χ4v) is 5.24. The van der Waals surface area contributed by atoms with E-state index in [1.54, 1.807) is 43.3 Å². The number of nitrogens with zero attached hydrogens (tertiary/aromatic N) is 2. The van der Waals surface area contributed by atoms with Gasteiger partial charge in [-0.05, 0) is 57.2 Å². The van der Waals surface area contributed by atoms with Crippen molar-refractivity contribution in [2.75, 3.05) is 4.90 Å². The Morgan fingerprint density at radius 3 is 2.44 bits per heavy atom. The third kappa shape index (κ3) is 4.20. The number of Topliss-reactive ketones (excluding diaryl/α,β-unsaturated/α-hetero) is 1. The number of amides is 1. The number of carbonyl (C=O) groups is 2. The molecule has 0 bridgehead atoms. The molecule has 8 heteroatoms. The van der Waals surface area contributed by atoms with Crippen molar-refractivity contribution in [2.45, 2.75) is 32.9 Å². The molecule has 0 saturated heterocycles. The second kappa shape index (κ2) is 9.47. The van der Waals surface area contributed by atoms with Crippen LogP contribution >= 0.6 is 11.3 Å². The number of aliphatic hydroxyl groups is 1. The summed E-state index contributed by atoms with van der Waals surface area (Å²) in [5.74, 6) is -0.719. The van der Waals surface area contributed by atoms with Crippen molar-refractivity contribution in [3.05, 3.63) is 101 Å². The Morgan fingerprint density at radius 2 is 1.81 bits per heavy atom. The summed E-state index contributed by atoms with van der Waals surface area (Å²) in [6, 6.07) is 18.9. The minimum absolute atomic E-state index is 0.00140. The third-order valence-electron chi connectivity index (χ3n) is 5.78. The molecule has 2 aromatic heterocycles. The van der Waals surface area contributed by atoms with Crippen LogP contribution in [0.2, 0.25) is 0 Å². The number of benzene rings is 2. The highest BCUT2D eigenvalue weighted by molar-refractivity contribution is 7.17. The van der Waals surface area contributed by atoms with Crippen LogP contribution in [0.15, 0.2) is 88.7 Å². The highest BCUT2D eigenvalue weighted by atomic mass is 32.1. The maximum absolute atomic E-state index is 13.8. The summed E-state index contributed by atoms with van der Waals surface area (Å²) in [6.45, 7) is 5.60. The van der Waals surface area contributed by atoms with Crippen LogP contribution in [0.25, 0.3) is 10.6 Å². The average molecular weight is 501 g/mol. The molecule has 36 heavy (non-hydrogen) atoms. The summed E-state index contributed by atoms with van der Waals surface area (Å²) in [5.41, 5.74) is 1.88. The molecule has 0 fully saturated rings. The summed E-state index contributed by atoms with van der Waals surface area (Å²) in [4.78, 5) is 33.5. The van der Waals surface area contributed by atoms with Crippen molar-refractivity contribution in [3.63, 3.8) is 0 Å². The first kappa shape index (κ1) is 23.6. The lowest BCUT2D eigenvalue weighted by molar-refractivity contribution is -0.117. The molecular weight excluding hydrogens is 476 g/mol. The summed E-state index contributed by atoms with van der Waals surface area (Å²) in [7, 11) is 0. The molecule has 7 nitrogen and oxygen atoms in total. The van der Waals surface area contributed by atoms with E-state index >= 15 is 0 Å². The molecule has 5 rings (SSSR count). The smallest absolute Gasteiger partial charge is 0.294 e. The molecule has 1 aliphatic heterocycles. The number of aliphatic hydroxyl groups excluding tert-OH is 1. The van der Waals surface area contributed by atoms with Gasteiger partial charge in [0.1, 0.15) is 22.6 Å². The fraction of sp³-hybridized carbons (Fsp3) is 0.179. The number of anilines is 1. The number of hydrogen-bond acceptors (Lipinski definition) is 7. The Kier molecular flexibility index (Phi) is 6.20. The Labute approximate surface area is 212 Å². The molecular formula is C28H24N2O5S. The first-order valence-corrected chi connectivity index (χ1v) is 12.3. The number of aryl methyl sites for hydroxylation is 1. The molecule has 0 aliphatic carbocycles.